The summed E-state index contributed by atoms with van der Waals surface area (Å²) in [6.45, 7) is 3.87. The summed E-state index contributed by atoms with van der Waals surface area (Å²) in [7, 11) is 0. The minimum Gasteiger partial charge on any atom is -0.379 e. The number of nitrogens with one attached hydrogen (secondary N) is 3. The van der Waals surface area contributed by atoms with Gasteiger partial charge >= 0.3 is 0 Å². The number of carbonyl (C=O) groups excluding carboxylic acids is 1. The standard InChI is InChI=1S/C16H24N4OS2/c1-11(17)23-10-15(9-20-12(2)21)14-5-3-13(4-6-14)7-8-22-16(18)19/h3-6,15,17H,7-10H2,1-2H3,(H3,18,19)(H,20,21)/t15-/m0/s1. The van der Waals surface area contributed by atoms with Crippen LogP contribution in [0.25, 0.3) is 0 Å². The Hall–Kier alpha value is -1.47. The highest BCUT2D eigenvalue weighted by Gasteiger charge is 2.13. The fourth-order valence-corrected chi connectivity index (χ4v) is 3.32. The van der Waals surface area contributed by atoms with Crippen molar-refractivity contribution in [3.8, 4) is 0 Å². The fourth-order valence-electron chi connectivity index (χ4n) is 2.00. The summed E-state index contributed by atoms with van der Waals surface area (Å²) in [5, 5.41) is 18.4. The molecule has 0 radical (unpaired) electrons. The lowest BCUT2D eigenvalue weighted by Gasteiger charge is -2.17. The molecule has 5 nitrogen and oxygen atoms in total. The van der Waals surface area contributed by atoms with Gasteiger partial charge in [-0.3, -0.25) is 15.6 Å². The molecule has 1 amide bonds. The Morgan fingerprint density at radius 1 is 1.22 bits per heavy atom. The predicted molar refractivity (Wildman–Crippen MR) is 102 cm³/mol. The van der Waals surface area contributed by atoms with Crippen molar-refractivity contribution in [2.75, 3.05) is 18.1 Å². The summed E-state index contributed by atoms with van der Waals surface area (Å²) in [4.78, 5) is 11.2. The molecular weight excluding hydrogens is 328 g/mol. The summed E-state index contributed by atoms with van der Waals surface area (Å²) < 4.78 is 0. The summed E-state index contributed by atoms with van der Waals surface area (Å²) in [6.07, 6.45) is 0.870. The number of aryl methyl sites for hydroxylation is 1. The highest BCUT2D eigenvalue weighted by Crippen LogP contribution is 2.22. The number of carbonyl (C=O) groups is 1. The Balaban J connectivity index is 2.66. The van der Waals surface area contributed by atoms with Crippen molar-refractivity contribution >= 4 is 39.6 Å². The summed E-state index contributed by atoms with van der Waals surface area (Å²) in [5.74, 6) is 1.72. The summed E-state index contributed by atoms with van der Waals surface area (Å²) in [6, 6.07) is 8.33. The monoisotopic (exact) mass is 352 g/mol. The van der Waals surface area contributed by atoms with Crippen LogP contribution in [-0.4, -0.2) is 34.2 Å². The average Bonchev–Trinajstić information content (AvgIpc) is 2.47. The zero-order chi connectivity index (χ0) is 17.2. The minimum absolute atomic E-state index is 0.0375. The molecule has 1 aromatic carbocycles. The maximum atomic E-state index is 11.2. The summed E-state index contributed by atoms with van der Waals surface area (Å²) in [5.41, 5.74) is 7.70. The first kappa shape index (κ1) is 19.6. The molecule has 0 saturated heterocycles. The third-order valence-corrected chi connectivity index (χ3v) is 4.92. The molecular formula is C16H24N4OS2. The Morgan fingerprint density at radius 3 is 2.39 bits per heavy atom. The largest absolute Gasteiger partial charge is 0.379 e. The van der Waals surface area contributed by atoms with E-state index in [-0.39, 0.29) is 17.0 Å². The van der Waals surface area contributed by atoms with Gasteiger partial charge in [-0.05, 0) is 24.5 Å². The number of amides is 1. The minimum atomic E-state index is -0.0375. The number of nitrogens with two attached hydrogens (primary N) is 1. The predicted octanol–water partition coefficient (Wildman–Crippen LogP) is 2.81. The van der Waals surface area contributed by atoms with E-state index in [4.69, 9.17) is 16.6 Å². The van der Waals surface area contributed by atoms with Crippen LogP contribution in [0.4, 0.5) is 0 Å². The van der Waals surface area contributed by atoms with Crippen LogP contribution in [-0.2, 0) is 11.2 Å². The van der Waals surface area contributed by atoms with Gasteiger partial charge in [0.2, 0.25) is 5.91 Å². The van der Waals surface area contributed by atoms with Gasteiger partial charge in [0.25, 0.3) is 0 Å². The molecule has 126 valence electrons. The van der Waals surface area contributed by atoms with Gasteiger partial charge in [-0.15, -0.1) is 11.8 Å². The lowest BCUT2D eigenvalue weighted by Crippen LogP contribution is -2.27. The zero-order valence-electron chi connectivity index (χ0n) is 13.5. The quantitative estimate of drug-likeness (QED) is 0.427. The molecule has 0 aliphatic rings. The first-order valence-corrected chi connectivity index (χ1v) is 9.33. The molecule has 0 spiro atoms. The summed E-state index contributed by atoms with van der Waals surface area (Å²) >= 11 is 2.84. The molecule has 7 heteroatoms. The second-order valence-electron chi connectivity index (χ2n) is 5.21. The van der Waals surface area contributed by atoms with Gasteiger partial charge in [0.15, 0.2) is 5.17 Å². The van der Waals surface area contributed by atoms with E-state index in [1.807, 2.05) is 0 Å². The van der Waals surface area contributed by atoms with Crippen LogP contribution in [0.2, 0.25) is 0 Å². The number of rotatable bonds is 8. The van der Waals surface area contributed by atoms with E-state index in [0.29, 0.717) is 11.6 Å². The van der Waals surface area contributed by atoms with Crippen LogP contribution >= 0.6 is 23.5 Å². The van der Waals surface area contributed by atoms with Gasteiger partial charge in [0.1, 0.15) is 0 Å². The van der Waals surface area contributed by atoms with Gasteiger partial charge in [-0.1, -0.05) is 36.0 Å². The number of amidine groups is 1. The van der Waals surface area contributed by atoms with Crippen molar-refractivity contribution in [2.24, 2.45) is 5.73 Å². The van der Waals surface area contributed by atoms with Crippen molar-refractivity contribution < 1.29 is 4.79 Å². The van der Waals surface area contributed by atoms with Gasteiger partial charge < -0.3 is 11.1 Å². The van der Waals surface area contributed by atoms with Crippen LogP contribution < -0.4 is 11.1 Å². The lowest BCUT2D eigenvalue weighted by molar-refractivity contribution is -0.119. The number of hydrogen-bond donors (Lipinski definition) is 4. The first-order valence-electron chi connectivity index (χ1n) is 7.36. The maximum absolute atomic E-state index is 11.2. The molecule has 0 bridgehead atoms. The highest BCUT2D eigenvalue weighted by molar-refractivity contribution is 8.13. The Bertz CT molecular complexity index is 528. The fraction of sp³-hybridized carbons (Fsp3) is 0.438. The molecule has 0 aliphatic carbocycles. The van der Waals surface area contributed by atoms with Crippen LogP contribution in [0.15, 0.2) is 24.3 Å². The van der Waals surface area contributed by atoms with Crippen molar-refractivity contribution in [1.82, 2.24) is 5.32 Å². The van der Waals surface area contributed by atoms with E-state index in [1.54, 1.807) is 6.92 Å². The molecule has 0 fully saturated rings. The van der Waals surface area contributed by atoms with E-state index in [2.05, 4.69) is 29.6 Å². The Morgan fingerprint density at radius 2 is 1.87 bits per heavy atom. The first-order chi connectivity index (χ1) is 10.9. The van der Waals surface area contributed by atoms with E-state index in [0.717, 1.165) is 23.5 Å². The van der Waals surface area contributed by atoms with Crippen LogP contribution in [0.3, 0.4) is 0 Å². The van der Waals surface area contributed by atoms with Gasteiger partial charge in [-0.25, -0.2) is 0 Å². The molecule has 1 rings (SSSR count). The highest BCUT2D eigenvalue weighted by atomic mass is 32.2. The van der Waals surface area contributed by atoms with Crippen LogP contribution in [0.1, 0.15) is 30.9 Å². The van der Waals surface area contributed by atoms with E-state index in [1.165, 1.54) is 36.0 Å². The normalized spacial score (nSPS) is 11.7. The molecule has 23 heavy (non-hydrogen) atoms. The number of thioether (sulfide) groups is 2. The van der Waals surface area contributed by atoms with E-state index < -0.39 is 0 Å². The smallest absolute Gasteiger partial charge is 0.216 e. The SMILES string of the molecule is CC(=N)SC[C@H](CNC(C)=O)c1ccc(CCSC(=N)N)cc1. The van der Waals surface area contributed by atoms with Crippen molar-refractivity contribution in [3.05, 3.63) is 35.4 Å². The lowest BCUT2D eigenvalue weighted by atomic mass is 9.99. The van der Waals surface area contributed by atoms with Gasteiger partial charge in [0.05, 0.1) is 5.04 Å². The molecule has 0 heterocycles. The third-order valence-electron chi connectivity index (χ3n) is 3.20. The van der Waals surface area contributed by atoms with E-state index >= 15 is 0 Å². The second-order valence-corrected chi connectivity index (χ2v) is 7.58. The molecule has 1 atom stereocenters. The molecule has 0 saturated carbocycles. The Kier molecular flexibility index (Phi) is 8.79. The van der Waals surface area contributed by atoms with Crippen molar-refractivity contribution in [1.29, 1.82) is 10.8 Å². The molecule has 0 unspecified atom stereocenters. The average molecular weight is 353 g/mol. The molecule has 0 aromatic heterocycles. The maximum Gasteiger partial charge on any atom is 0.216 e. The van der Waals surface area contributed by atoms with Crippen molar-refractivity contribution in [3.63, 3.8) is 0 Å². The molecule has 5 N–H and O–H groups in total. The zero-order valence-corrected chi connectivity index (χ0v) is 15.2. The molecule has 0 aliphatic heterocycles. The van der Waals surface area contributed by atoms with Crippen LogP contribution in [0, 0.1) is 10.8 Å². The van der Waals surface area contributed by atoms with Gasteiger partial charge in [-0.2, -0.15) is 0 Å². The third kappa shape index (κ3) is 8.66. The molecule has 1 aromatic rings. The number of benzene rings is 1. The topological polar surface area (TPSA) is 103 Å². The second kappa shape index (κ2) is 10.3. The van der Waals surface area contributed by atoms with Gasteiger partial charge in [0, 0.05) is 30.9 Å². The number of hydrogen-bond acceptors (Lipinski definition) is 5. The van der Waals surface area contributed by atoms with Crippen LogP contribution in [0.5, 0.6) is 0 Å². The van der Waals surface area contributed by atoms with E-state index in [9.17, 15) is 4.79 Å². The van der Waals surface area contributed by atoms with Crippen molar-refractivity contribution in [2.45, 2.75) is 26.2 Å². The Labute approximate surface area is 146 Å².